The van der Waals surface area contributed by atoms with Gasteiger partial charge in [0.15, 0.2) is 0 Å². The highest BCUT2D eigenvalue weighted by Crippen LogP contribution is 2.23. The average Bonchev–Trinajstić information content (AvgIpc) is 3.07. The van der Waals surface area contributed by atoms with Crippen LogP contribution in [0.3, 0.4) is 0 Å². The lowest BCUT2D eigenvalue weighted by molar-refractivity contribution is 0.108. The first-order valence-electron chi connectivity index (χ1n) is 7.21. The van der Waals surface area contributed by atoms with Gasteiger partial charge in [0, 0.05) is 11.1 Å². The van der Waals surface area contributed by atoms with Crippen molar-refractivity contribution >= 4 is 24.1 Å². The number of nitrogens with zero attached hydrogens (tertiary/aromatic N) is 1. The molecule has 1 heterocycles. The fraction of sp³-hybridized carbons (Fsp3) is 0.167. The van der Waals surface area contributed by atoms with Gasteiger partial charge in [-0.25, -0.2) is 4.39 Å². The molecule has 118 valence electrons. The molecule has 0 amide bonds. The van der Waals surface area contributed by atoms with E-state index in [-0.39, 0.29) is 12.4 Å². The van der Waals surface area contributed by atoms with Gasteiger partial charge >= 0.3 is 0 Å². The minimum atomic E-state index is -0.862. The highest BCUT2D eigenvalue weighted by atomic mass is 32.2. The standard InChI is InChI=1S/C18H16FNO2S/c19-15-3-1-2-14(9-15)18(21)11-22-16-6-4-13(5-7-16)8-17-10-20-12-23-17/h1-10,18,21H,11-12H2. The van der Waals surface area contributed by atoms with Gasteiger partial charge in [-0.3, -0.25) is 4.99 Å². The lowest BCUT2D eigenvalue weighted by atomic mass is 10.1. The third-order valence-electron chi connectivity index (χ3n) is 3.35. The molecule has 1 atom stereocenters. The summed E-state index contributed by atoms with van der Waals surface area (Å²) in [4.78, 5) is 5.29. The maximum absolute atomic E-state index is 13.1. The average molecular weight is 329 g/mol. The minimum absolute atomic E-state index is 0.0758. The number of aliphatic imine (C=N–C) groups is 1. The van der Waals surface area contributed by atoms with Crippen LogP contribution in [0.4, 0.5) is 4.39 Å². The second-order valence-electron chi connectivity index (χ2n) is 5.08. The first-order valence-corrected chi connectivity index (χ1v) is 8.20. The number of halogens is 1. The largest absolute Gasteiger partial charge is 0.491 e. The van der Waals surface area contributed by atoms with E-state index in [9.17, 15) is 9.50 Å². The molecule has 0 saturated carbocycles. The van der Waals surface area contributed by atoms with E-state index in [1.54, 1.807) is 23.9 Å². The fourth-order valence-electron chi connectivity index (χ4n) is 2.17. The zero-order valence-electron chi connectivity index (χ0n) is 12.4. The summed E-state index contributed by atoms with van der Waals surface area (Å²) in [5.41, 5.74) is 1.57. The van der Waals surface area contributed by atoms with Gasteiger partial charge in [0.2, 0.25) is 0 Å². The number of hydrogen-bond acceptors (Lipinski definition) is 4. The van der Waals surface area contributed by atoms with Crippen LogP contribution >= 0.6 is 11.8 Å². The van der Waals surface area contributed by atoms with Gasteiger partial charge in [0.05, 0.1) is 5.88 Å². The van der Waals surface area contributed by atoms with Crippen molar-refractivity contribution in [3.05, 3.63) is 70.4 Å². The van der Waals surface area contributed by atoms with Crippen LogP contribution in [0.25, 0.3) is 6.08 Å². The predicted molar refractivity (Wildman–Crippen MR) is 92.2 cm³/mol. The summed E-state index contributed by atoms with van der Waals surface area (Å²) >= 11 is 1.70. The summed E-state index contributed by atoms with van der Waals surface area (Å²) in [6, 6.07) is 13.5. The number of aliphatic hydroxyl groups is 1. The van der Waals surface area contributed by atoms with Crippen LogP contribution in [0, 0.1) is 5.82 Å². The van der Waals surface area contributed by atoms with E-state index in [1.807, 2.05) is 30.5 Å². The molecule has 3 nitrogen and oxygen atoms in total. The Morgan fingerprint density at radius 2 is 2.09 bits per heavy atom. The Kier molecular flexibility index (Phi) is 5.10. The Balaban J connectivity index is 1.58. The van der Waals surface area contributed by atoms with Crippen molar-refractivity contribution in [1.82, 2.24) is 0 Å². The van der Waals surface area contributed by atoms with E-state index in [0.29, 0.717) is 11.3 Å². The highest BCUT2D eigenvalue weighted by Gasteiger charge is 2.09. The third-order valence-corrected chi connectivity index (χ3v) is 4.19. The summed E-state index contributed by atoms with van der Waals surface area (Å²) in [5, 5.41) is 10.0. The smallest absolute Gasteiger partial charge is 0.123 e. The number of ether oxygens (including phenoxy) is 1. The van der Waals surface area contributed by atoms with E-state index in [0.717, 1.165) is 16.3 Å². The van der Waals surface area contributed by atoms with Crippen LogP contribution < -0.4 is 4.74 Å². The zero-order valence-corrected chi connectivity index (χ0v) is 13.2. The Hall–Kier alpha value is -2.11. The van der Waals surface area contributed by atoms with Gasteiger partial charge < -0.3 is 9.84 Å². The van der Waals surface area contributed by atoms with Gasteiger partial charge in [-0.1, -0.05) is 24.3 Å². The lowest BCUT2D eigenvalue weighted by Crippen LogP contribution is -2.09. The fourth-order valence-corrected chi connectivity index (χ4v) is 2.83. The topological polar surface area (TPSA) is 41.8 Å². The van der Waals surface area contributed by atoms with Crippen LogP contribution in [0.2, 0.25) is 0 Å². The first kappa shape index (κ1) is 15.8. The summed E-state index contributed by atoms with van der Waals surface area (Å²) in [6.07, 6.45) is 3.07. The van der Waals surface area contributed by atoms with E-state index >= 15 is 0 Å². The number of allylic oxidation sites excluding steroid dienone is 1. The Labute approximate surface area is 138 Å². The molecule has 23 heavy (non-hydrogen) atoms. The van der Waals surface area contributed by atoms with E-state index in [1.165, 1.54) is 12.1 Å². The maximum atomic E-state index is 13.1. The molecule has 0 radical (unpaired) electrons. The predicted octanol–water partition coefficient (Wildman–Crippen LogP) is 4.05. The van der Waals surface area contributed by atoms with Crippen LogP contribution in [0.5, 0.6) is 5.75 Å². The Bertz CT molecular complexity index is 728. The molecule has 3 rings (SSSR count). The molecule has 1 unspecified atom stereocenters. The van der Waals surface area contributed by atoms with E-state index < -0.39 is 6.10 Å². The van der Waals surface area contributed by atoms with Crippen molar-refractivity contribution in [3.63, 3.8) is 0 Å². The van der Waals surface area contributed by atoms with Crippen molar-refractivity contribution in [2.45, 2.75) is 6.10 Å². The molecule has 0 aliphatic carbocycles. The molecular formula is C18H16FNO2S. The zero-order chi connectivity index (χ0) is 16.1. The summed E-state index contributed by atoms with van der Waals surface area (Å²) in [5.74, 6) is 1.08. The maximum Gasteiger partial charge on any atom is 0.123 e. The van der Waals surface area contributed by atoms with Gasteiger partial charge in [0.25, 0.3) is 0 Å². The van der Waals surface area contributed by atoms with Crippen molar-refractivity contribution in [2.75, 3.05) is 12.5 Å². The first-order chi connectivity index (χ1) is 11.2. The molecular weight excluding hydrogens is 313 g/mol. The molecule has 1 aliphatic heterocycles. The van der Waals surface area contributed by atoms with Crippen molar-refractivity contribution < 1.29 is 14.2 Å². The van der Waals surface area contributed by atoms with Crippen LogP contribution in [-0.4, -0.2) is 23.8 Å². The molecule has 2 aromatic carbocycles. The number of hydrogen-bond donors (Lipinski definition) is 1. The molecule has 0 bridgehead atoms. The summed E-state index contributed by atoms with van der Waals surface area (Å²) in [6.45, 7) is 0.0758. The number of rotatable bonds is 5. The molecule has 0 saturated heterocycles. The molecule has 0 spiro atoms. The van der Waals surface area contributed by atoms with Gasteiger partial charge in [0.1, 0.15) is 24.3 Å². The second kappa shape index (κ2) is 7.44. The second-order valence-corrected chi connectivity index (χ2v) is 6.10. The highest BCUT2D eigenvalue weighted by molar-refractivity contribution is 8.04. The molecule has 5 heteroatoms. The normalized spacial score (nSPS) is 16.7. The van der Waals surface area contributed by atoms with Gasteiger partial charge in [-0.2, -0.15) is 0 Å². The van der Waals surface area contributed by atoms with Gasteiger partial charge in [-0.05, 0) is 41.5 Å². The lowest BCUT2D eigenvalue weighted by Gasteiger charge is -2.13. The Morgan fingerprint density at radius 1 is 1.26 bits per heavy atom. The molecule has 1 aliphatic rings. The number of aliphatic hydroxyl groups excluding tert-OH is 1. The van der Waals surface area contributed by atoms with Crippen molar-refractivity contribution in [2.24, 2.45) is 4.99 Å². The van der Waals surface area contributed by atoms with Crippen LogP contribution in [0.1, 0.15) is 17.2 Å². The van der Waals surface area contributed by atoms with E-state index in [2.05, 4.69) is 11.1 Å². The van der Waals surface area contributed by atoms with Crippen molar-refractivity contribution in [3.8, 4) is 5.75 Å². The van der Waals surface area contributed by atoms with Crippen molar-refractivity contribution in [1.29, 1.82) is 0 Å². The summed E-state index contributed by atoms with van der Waals surface area (Å²) < 4.78 is 18.7. The third kappa shape index (κ3) is 4.43. The van der Waals surface area contributed by atoms with Gasteiger partial charge in [-0.15, -0.1) is 11.8 Å². The van der Waals surface area contributed by atoms with Crippen LogP contribution in [-0.2, 0) is 0 Å². The molecule has 1 N–H and O–H groups in total. The summed E-state index contributed by atoms with van der Waals surface area (Å²) in [7, 11) is 0. The SMILES string of the molecule is OC(COc1ccc(C=C2C=NCS2)cc1)c1cccc(F)c1. The quantitative estimate of drug-likeness (QED) is 0.899. The monoisotopic (exact) mass is 329 g/mol. The Morgan fingerprint density at radius 3 is 2.78 bits per heavy atom. The molecule has 0 fully saturated rings. The molecule has 2 aromatic rings. The van der Waals surface area contributed by atoms with E-state index in [4.69, 9.17) is 4.74 Å². The number of thioether (sulfide) groups is 1. The minimum Gasteiger partial charge on any atom is -0.491 e. The van der Waals surface area contributed by atoms with Crippen LogP contribution in [0.15, 0.2) is 58.4 Å². The molecule has 0 aromatic heterocycles. The number of benzene rings is 2.